The van der Waals surface area contributed by atoms with Gasteiger partial charge < -0.3 is 10.4 Å². The second kappa shape index (κ2) is 6.35. The van der Waals surface area contributed by atoms with Crippen LogP contribution in [0.15, 0.2) is 35.3 Å². The first-order valence-corrected chi connectivity index (χ1v) is 6.15. The van der Waals surface area contributed by atoms with Crippen LogP contribution in [-0.2, 0) is 4.79 Å². The van der Waals surface area contributed by atoms with Gasteiger partial charge in [-0.25, -0.2) is 4.79 Å². The lowest BCUT2D eigenvalue weighted by Crippen LogP contribution is -2.40. The van der Waals surface area contributed by atoms with Gasteiger partial charge in [0.05, 0.1) is 5.56 Å². The molecule has 0 aliphatic rings. The minimum atomic E-state index is -1.08. The summed E-state index contributed by atoms with van der Waals surface area (Å²) in [7, 11) is 0. The number of aryl methyl sites for hydroxylation is 1. The third-order valence-electron chi connectivity index (χ3n) is 2.38. The predicted molar refractivity (Wildman–Crippen MR) is 72.6 cm³/mol. The molecule has 2 N–H and O–H groups in total. The second-order valence-electron chi connectivity index (χ2n) is 3.87. The van der Waals surface area contributed by atoms with E-state index >= 15 is 0 Å². The maximum Gasteiger partial charge on any atom is 0.326 e. The van der Waals surface area contributed by atoms with E-state index in [1.54, 1.807) is 18.2 Å². The molecule has 0 saturated heterocycles. The Kier molecular flexibility index (Phi) is 5.09. The summed E-state index contributed by atoms with van der Waals surface area (Å²) in [5, 5.41) is 11.4. The minimum Gasteiger partial charge on any atom is -0.480 e. The monoisotopic (exact) mass is 311 g/mol. The fourth-order valence-electron chi connectivity index (χ4n) is 1.43. The van der Waals surface area contributed by atoms with Crippen molar-refractivity contribution in [1.82, 2.24) is 5.32 Å². The van der Waals surface area contributed by atoms with E-state index in [1.807, 2.05) is 6.92 Å². The maximum absolute atomic E-state index is 11.9. The van der Waals surface area contributed by atoms with Gasteiger partial charge in [-0.1, -0.05) is 12.1 Å². The molecule has 1 rings (SSSR count). The molecule has 0 fully saturated rings. The normalized spacial score (nSPS) is 11.7. The van der Waals surface area contributed by atoms with Crippen LogP contribution >= 0.6 is 15.9 Å². The van der Waals surface area contributed by atoms with Gasteiger partial charge in [0.2, 0.25) is 0 Å². The van der Waals surface area contributed by atoms with E-state index in [9.17, 15) is 9.59 Å². The summed E-state index contributed by atoms with van der Waals surface area (Å²) < 4.78 is 0.641. The average molecular weight is 312 g/mol. The Labute approximate surface area is 114 Å². The van der Waals surface area contributed by atoms with Crippen molar-refractivity contribution in [2.24, 2.45) is 0 Å². The number of amides is 1. The Hall–Kier alpha value is -1.62. The molecule has 1 aromatic rings. The quantitative estimate of drug-likeness (QED) is 0.821. The van der Waals surface area contributed by atoms with Crippen LogP contribution in [0.3, 0.4) is 0 Å². The minimum absolute atomic E-state index is 0.185. The number of carboxylic acid groups (broad SMARTS) is 1. The van der Waals surface area contributed by atoms with Gasteiger partial charge in [0.25, 0.3) is 5.91 Å². The van der Waals surface area contributed by atoms with Crippen LogP contribution in [0.4, 0.5) is 0 Å². The summed E-state index contributed by atoms with van der Waals surface area (Å²) in [4.78, 5) is 22.8. The molecule has 0 spiro atoms. The molecule has 18 heavy (non-hydrogen) atoms. The maximum atomic E-state index is 11.9. The molecule has 0 saturated carbocycles. The number of nitrogens with one attached hydrogen (secondary N) is 1. The summed E-state index contributed by atoms with van der Waals surface area (Å²) in [5.74, 6) is -1.50. The fourth-order valence-corrected chi connectivity index (χ4v) is 2.10. The third kappa shape index (κ3) is 3.70. The Bertz CT molecular complexity index is 485. The molecule has 0 aromatic heterocycles. The van der Waals surface area contributed by atoms with Gasteiger partial charge in [-0.2, -0.15) is 0 Å². The van der Waals surface area contributed by atoms with E-state index in [0.29, 0.717) is 10.0 Å². The zero-order valence-corrected chi connectivity index (χ0v) is 11.5. The number of hydrogen-bond acceptors (Lipinski definition) is 2. The summed E-state index contributed by atoms with van der Waals surface area (Å²) in [6.45, 7) is 5.38. The van der Waals surface area contributed by atoms with Crippen molar-refractivity contribution in [1.29, 1.82) is 0 Å². The SMILES string of the molecule is C=CCC(NC(=O)c1ccc(C)cc1Br)C(=O)O. The van der Waals surface area contributed by atoms with Crippen molar-refractivity contribution in [3.8, 4) is 0 Å². The molecule has 0 aliphatic carbocycles. The Morgan fingerprint density at radius 2 is 2.22 bits per heavy atom. The van der Waals surface area contributed by atoms with Crippen LogP contribution in [0, 0.1) is 6.92 Å². The molecule has 0 aliphatic heterocycles. The van der Waals surface area contributed by atoms with Gasteiger partial charge in [0.1, 0.15) is 6.04 Å². The Balaban J connectivity index is 2.86. The number of carboxylic acids is 1. The largest absolute Gasteiger partial charge is 0.480 e. The topological polar surface area (TPSA) is 66.4 Å². The van der Waals surface area contributed by atoms with Gasteiger partial charge in [0, 0.05) is 4.47 Å². The predicted octanol–water partition coefficient (Wildman–Crippen LogP) is 2.52. The molecule has 0 bridgehead atoms. The molecule has 0 heterocycles. The van der Waals surface area contributed by atoms with Gasteiger partial charge in [0.15, 0.2) is 0 Å². The first-order chi connectivity index (χ1) is 8.45. The smallest absolute Gasteiger partial charge is 0.326 e. The number of carbonyl (C=O) groups excluding carboxylic acids is 1. The molecule has 1 amide bonds. The summed E-state index contributed by atoms with van der Waals surface area (Å²) >= 11 is 3.29. The number of benzene rings is 1. The fraction of sp³-hybridized carbons (Fsp3) is 0.231. The Morgan fingerprint density at radius 3 is 2.72 bits per heavy atom. The van der Waals surface area contributed by atoms with Gasteiger partial charge >= 0.3 is 5.97 Å². The second-order valence-corrected chi connectivity index (χ2v) is 4.73. The number of hydrogen-bond donors (Lipinski definition) is 2. The molecule has 1 unspecified atom stereocenters. The van der Waals surface area contributed by atoms with Gasteiger partial charge in [-0.3, -0.25) is 4.79 Å². The Morgan fingerprint density at radius 1 is 1.56 bits per heavy atom. The lowest BCUT2D eigenvalue weighted by atomic mass is 10.1. The highest BCUT2D eigenvalue weighted by molar-refractivity contribution is 9.10. The number of aliphatic carboxylic acids is 1. The number of carbonyl (C=O) groups is 2. The van der Waals surface area contributed by atoms with Crippen LogP contribution in [0.25, 0.3) is 0 Å². The molecule has 4 nitrogen and oxygen atoms in total. The van der Waals surface area contributed by atoms with Crippen LogP contribution < -0.4 is 5.32 Å². The zero-order chi connectivity index (χ0) is 13.7. The van der Waals surface area contributed by atoms with E-state index in [2.05, 4.69) is 27.8 Å². The molecule has 96 valence electrons. The van der Waals surface area contributed by atoms with E-state index < -0.39 is 17.9 Å². The highest BCUT2D eigenvalue weighted by Crippen LogP contribution is 2.18. The highest BCUT2D eigenvalue weighted by Gasteiger charge is 2.20. The van der Waals surface area contributed by atoms with E-state index in [-0.39, 0.29) is 6.42 Å². The highest BCUT2D eigenvalue weighted by atomic mass is 79.9. The summed E-state index contributed by atoms with van der Waals surface area (Å²) in [5.41, 5.74) is 1.43. The lowest BCUT2D eigenvalue weighted by molar-refractivity contribution is -0.139. The molecular formula is C13H14BrNO3. The van der Waals surface area contributed by atoms with Crippen molar-refractivity contribution in [2.75, 3.05) is 0 Å². The van der Waals surface area contributed by atoms with Crippen LogP contribution in [0.1, 0.15) is 22.3 Å². The zero-order valence-electron chi connectivity index (χ0n) is 9.94. The molecule has 0 radical (unpaired) electrons. The average Bonchev–Trinajstić information content (AvgIpc) is 2.27. The molecule has 1 aromatic carbocycles. The molecule has 5 heteroatoms. The first kappa shape index (κ1) is 14.4. The van der Waals surface area contributed by atoms with Crippen molar-refractivity contribution >= 4 is 27.8 Å². The van der Waals surface area contributed by atoms with Gasteiger partial charge in [-0.15, -0.1) is 6.58 Å². The van der Waals surface area contributed by atoms with Crippen LogP contribution in [0.2, 0.25) is 0 Å². The van der Waals surface area contributed by atoms with Crippen LogP contribution in [0.5, 0.6) is 0 Å². The van der Waals surface area contributed by atoms with E-state index in [4.69, 9.17) is 5.11 Å². The lowest BCUT2D eigenvalue weighted by Gasteiger charge is -2.13. The van der Waals surface area contributed by atoms with Crippen molar-refractivity contribution in [3.63, 3.8) is 0 Å². The van der Waals surface area contributed by atoms with Crippen molar-refractivity contribution < 1.29 is 14.7 Å². The summed E-state index contributed by atoms with van der Waals surface area (Å²) in [6.07, 6.45) is 1.65. The van der Waals surface area contributed by atoms with E-state index in [0.717, 1.165) is 5.56 Å². The third-order valence-corrected chi connectivity index (χ3v) is 3.03. The van der Waals surface area contributed by atoms with Crippen molar-refractivity contribution in [3.05, 3.63) is 46.5 Å². The van der Waals surface area contributed by atoms with Crippen LogP contribution in [-0.4, -0.2) is 23.0 Å². The van der Waals surface area contributed by atoms with E-state index in [1.165, 1.54) is 6.08 Å². The first-order valence-electron chi connectivity index (χ1n) is 5.36. The number of halogens is 1. The molecular weight excluding hydrogens is 298 g/mol. The summed E-state index contributed by atoms with van der Waals surface area (Å²) in [6, 6.07) is 4.30. The van der Waals surface area contributed by atoms with Gasteiger partial charge in [-0.05, 0) is 47.0 Å². The molecule has 1 atom stereocenters. The number of rotatable bonds is 5. The van der Waals surface area contributed by atoms with Crippen molar-refractivity contribution in [2.45, 2.75) is 19.4 Å². The standard InChI is InChI=1S/C13H14BrNO3/c1-3-4-11(13(17)18)15-12(16)9-6-5-8(2)7-10(9)14/h3,5-7,11H,1,4H2,2H3,(H,15,16)(H,17,18).